The van der Waals surface area contributed by atoms with Crippen LogP contribution in [-0.2, 0) is 6.54 Å². The van der Waals surface area contributed by atoms with Gasteiger partial charge in [0.25, 0.3) is 0 Å². The molecular weight excluding hydrogens is 260 g/mol. The van der Waals surface area contributed by atoms with Gasteiger partial charge >= 0.3 is 0 Å². The number of anilines is 1. The summed E-state index contributed by atoms with van der Waals surface area (Å²) < 4.78 is 1.90. The van der Waals surface area contributed by atoms with Gasteiger partial charge in [0.15, 0.2) is 0 Å². The Balaban J connectivity index is 1.81. The van der Waals surface area contributed by atoms with E-state index in [1.165, 1.54) is 12.8 Å². The number of aromatic nitrogens is 3. The lowest BCUT2D eigenvalue weighted by atomic mass is 9.76. The zero-order chi connectivity index (χ0) is 13.4. The van der Waals surface area contributed by atoms with E-state index in [-0.39, 0.29) is 0 Å². The lowest BCUT2D eigenvalue weighted by Crippen LogP contribution is -2.26. The van der Waals surface area contributed by atoms with E-state index in [2.05, 4.69) is 17.0 Å². The van der Waals surface area contributed by atoms with Crippen molar-refractivity contribution in [2.45, 2.75) is 26.3 Å². The maximum Gasteiger partial charge on any atom is 0.122 e. The van der Waals surface area contributed by atoms with Gasteiger partial charge in [-0.15, -0.1) is 0 Å². The zero-order valence-electron chi connectivity index (χ0n) is 10.9. The summed E-state index contributed by atoms with van der Waals surface area (Å²) in [6.07, 6.45) is 5.91. The summed E-state index contributed by atoms with van der Waals surface area (Å²) in [5.41, 5.74) is 7.76. The molecule has 1 aliphatic carbocycles. The number of nitrogens with two attached hydrogens (primary N) is 1. The number of hydrogen-bond acceptors (Lipinski definition) is 3. The van der Waals surface area contributed by atoms with E-state index in [0.717, 1.165) is 23.7 Å². The average Bonchev–Trinajstić information content (AvgIpc) is 2.69. The summed E-state index contributed by atoms with van der Waals surface area (Å²) in [5.74, 6) is 2.26. The highest BCUT2D eigenvalue weighted by molar-refractivity contribution is 6.30. The van der Waals surface area contributed by atoms with E-state index in [1.807, 2.05) is 16.8 Å². The van der Waals surface area contributed by atoms with Gasteiger partial charge in [-0.3, -0.25) is 4.98 Å². The van der Waals surface area contributed by atoms with Gasteiger partial charge in [-0.2, -0.15) is 5.10 Å². The first-order valence-electron chi connectivity index (χ1n) is 6.56. The van der Waals surface area contributed by atoms with Crippen LogP contribution in [0.1, 0.15) is 19.8 Å². The number of pyridine rings is 1. The Labute approximate surface area is 117 Å². The topological polar surface area (TPSA) is 56.7 Å². The molecular formula is C14H17ClN4. The quantitative estimate of drug-likeness (QED) is 0.936. The molecule has 0 spiro atoms. The predicted octanol–water partition coefficient (Wildman–Crippen LogP) is 3.23. The molecule has 0 saturated heterocycles. The van der Waals surface area contributed by atoms with Crippen LogP contribution in [0.15, 0.2) is 24.5 Å². The fraction of sp³-hybridized carbons (Fsp3) is 0.429. The molecule has 0 bridgehead atoms. The Morgan fingerprint density at radius 1 is 1.37 bits per heavy atom. The third-order valence-corrected chi connectivity index (χ3v) is 3.92. The maximum atomic E-state index is 6.03. The van der Waals surface area contributed by atoms with Crippen molar-refractivity contribution < 1.29 is 0 Å². The Kier molecular flexibility index (Phi) is 3.19. The van der Waals surface area contributed by atoms with E-state index >= 15 is 0 Å². The molecule has 0 aromatic carbocycles. The van der Waals surface area contributed by atoms with Gasteiger partial charge in [0.05, 0.1) is 10.7 Å². The Morgan fingerprint density at radius 2 is 2.16 bits per heavy atom. The molecule has 2 N–H and O–H groups in total. The molecule has 4 nitrogen and oxygen atoms in total. The van der Waals surface area contributed by atoms with E-state index in [0.29, 0.717) is 16.8 Å². The SMILES string of the molecule is CC1CC(Cn2nc(-c3cncc(Cl)c3)cc2N)C1. The van der Waals surface area contributed by atoms with Gasteiger partial charge in [-0.25, -0.2) is 4.68 Å². The number of hydrogen-bond donors (Lipinski definition) is 1. The number of nitrogen functional groups attached to an aromatic ring is 1. The molecule has 0 atom stereocenters. The fourth-order valence-electron chi connectivity index (χ4n) is 2.73. The van der Waals surface area contributed by atoms with Gasteiger partial charge in [0.1, 0.15) is 5.82 Å². The van der Waals surface area contributed by atoms with Crippen molar-refractivity contribution in [1.29, 1.82) is 0 Å². The highest BCUT2D eigenvalue weighted by atomic mass is 35.5. The van der Waals surface area contributed by atoms with Crippen LogP contribution in [0.3, 0.4) is 0 Å². The number of nitrogens with zero attached hydrogens (tertiary/aromatic N) is 3. The van der Waals surface area contributed by atoms with Crippen molar-refractivity contribution >= 4 is 17.4 Å². The molecule has 2 aromatic heterocycles. The molecule has 1 fully saturated rings. The summed E-state index contributed by atoms with van der Waals surface area (Å²) in [5, 5.41) is 5.17. The molecule has 0 unspecified atom stereocenters. The van der Waals surface area contributed by atoms with Gasteiger partial charge < -0.3 is 5.73 Å². The first kappa shape index (κ1) is 12.5. The van der Waals surface area contributed by atoms with Crippen molar-refractivity contribution in [3.8, 4) is 11.3 Å². The molecule has 2 aromatic rings. The number of rotatable bonds is 3. The molecule has 0 radical (unpaired) electrons. The summed E-state index contributed by atoms with van der Waals surface area (Å²) in [7, 11) is 0. The molecule has 2 heterocycles. The van der Waals surface area contributed by atoms with Crippen LogP contribution in [0.25, 0.3) is 11.3 Å². The normalized spacial score (nSPS) is 22.2. The van der Waals surface area contributed by atoms with Crippen molar-refractivity contribution in [2.75, 3.05) is 5.73 Å². The van der Waals surface area contributed by atoms with Crippen LogP contribution in [0.4, 0.5) is 5.82 Å². The Hall–Kier alpha value is -1.55. The van der Waals surface area contributed by atoms with Crippen LogP contribution in [0.2, 0.25) is 5.02 Å². The predicted molar refractivity (Wildman–Crippen MR) is 76.8 cm³/mol. The second-order valence-electron chi connectivity index (χ2n) is 5.47. The van der Waals surface area contributed by atoms with E-state index < -0.39 is 0 Å². The third kappa shape index (κ3) is 2.59. The summed E-state index contributed by atoms with van der Waals surface area (Å²) in [4.78, 5) is 4.08. The molecule has 5 heteroatoms. The second-order valence-corrected chi connectivity index (χ2v) is 5.91. The molecule has 1 aliphatic rings. The van der Waals surface area contributed by atoms with E-state index in [1.54, 1.807) is 12.4 Å². The Morgan fingerprint density at radius 3 is 2.84 bits per heavy atom. The van der Waals surface area contributed by atoms with Crippen LogP contribution < -0.4 is 5.73 Å². The highest BCUT2D eigenvalue weighted by Crippen LogP contribution is 2.35. The molecule has 0 amide bonds. The van der Waals surface area contributed by atoms with Gasteiger partial charge in [-0.1, -0.05) is 18.5 Å². The zero-order valence-corrected chi connectivity index (χ0v) is 11.6. The fourth-order valence-corrected chi connectivity index (χ4v) is 2.91. The van der Waals surface area contributed by atoms with E-state index in [9.17, 15) is 0 Å². The van der Waals surface area contributed by atoms with Crippen molar-refractivity contribution in [1.82, 2.24) is 14.8 Å². The van der Waals surface area contributed by atoms with Gasteiger partial charge in [0, 0.05) is 30.6 Å². The first-order valence-corrected chi connectivity index (χ1v) is 6.94. The first-order chi connectivity index (χ1) is 9.11. The summed E-state index contributed by atoms with van der Waals surface area (Å²) in [6, 6.07) is 3.74. The average molecular weight is 277 g/mol. The highest BCUT2D eigenvalue weighted by Gasteiger charge is 2.26. The molecule has 0 aliphatic heterocycles. The minimum absolute atomic E-state index is 0.610. The smallest absolute Gasteiger partial charge is 0.122 e. The minimum atomic E-state index is 0.610. The van der Waals surface area contributed by atoms with Crippen molar-refractivity contribution in [3.63, 3.8) is 0 Å². The van der Waals surface area contributed by atoms with Crippen LogP contribution in [0.5, 0.6) is 0 Å². The lowest BCUT2D eigenvalue weighted by Gasteiger charge is -2.32. The maximum absolute atomic E-state index is 6.03. The lowest BCUT2D eigenvalue weighted by molar-refractivity contribution is 0.183. The van der Waals surface area contributed by atoms with Gasteiger partial charge in [0.2, 0.25) is 0 Å². The summed E-state index contributed by atoms with van der Waals surface area (Å²) >= 11 is 5.94. The van der Waals surface area contributed by atoms with Crippen molar-refractivity contribution in [2.24, 2.45) is 11.8 Å². The van der Waals surface area contributed by atoms with Crippen LogP contribution in [0, 0.1) is 11.8 Å². The standard InChI is InChI=1S/C14H17ClN4/c1-9-2-10(3-9)8-19-14(16)5-13(18-19)11-4-12(15)7-17-6-11/h4-7,9-10H,2-3,8,16H2,1H3. The molecule has 19 heavy (non-hydrogen) atoms. The van der Waals surface area contributed by atoms with Crippen molar-refractivity contribution in [3.05, 3.63) is 29.5 Å². The van der Waals surface area contributed by atoms with Gasteiger partial charge in [-0.05, 0) is 30.7 Å². The minimum Gasteiger partial charge on any atom is -0.384 e. The second kappa shape index (κ2) is 4.85. The molecule has 1 saturated carbocycles. The molecule has 100 valence electrons. The Bertz CT molecular complexity index is 587. The largest absolute Gasteiger partial charge is 0.384 e. The summed E-state index contributed by atoms with van der Waals surface area (Å²) in [6.45, 7) is 3.19. The third-order valence-electron chi connectivity index (χ3n) is 3.71. The monoisotopic (exact) mass is 276 g/mol. The van der Waals surface area contributed by atoms with Crippen LogP contribution >= 0.6 is 11.6 Å². The van der Waals surface area contributed by atoms with Crippen LogP contribution in [-0.4, -0.2) is 14.8 Å². The van der Waals surface area contributed by atoms with E-state index in [4.69, 9.17) is 17.3 Å². The number of halogens is 1. The molecule has 3 rings (SSSR count).